The maximum atomic E-state index is 10.1. The van der Waals surface area contributed by atoms with Crippen molar-refractivity contribution < 1.29 is 5.11 Å². The highest BCUT2D eigenvalue weighted by Gasteiger charge is 2.67. The lowest BCUT2D eigenvalue weighted by molar-refractivity contribution is -0.0844. The number of halogens is 1. The third kappa shape index (κ3) is 1.03. The Labute approximate surface area is 86.3 Å². The van der Waals surface area contributed by atoms with Gasteiger partial charge in [0, 0.05) is 5.41 Å². The van der Waals surface area contributed by atoms with Gasteiger partial charge in [-0.1, -0.05) is 20.8 Å². The topological polar surface area (TPSA) is 46.2 Å². The number of aliphatic hydroxyl groups is 1. The van der Waals surface area contributed by atoms with Gasteiger partial charge < -0.3 is 10.8 Å². The van der Waals surface area contributed by atoms with Gasteiger partial charge in [0.2, 0.25) is 0 Å². The van der Waals surface area contributed by atoms with Crippen molar-refractivity contribution in [2.75, 3.05) is 0 Å². The summed E-state index contributed by atoms with van der Waals surface area (Å²) in [6, 6.07) is 0. The van der Waals surface area contributed by atoms with E-state index in [9.17, 15) is 5.11 Å². The lowest BCUT2D eigenvalue weighted by Crippen LogP contribution is -2.54. The Bertz CT molecular complexity index is 227. The third-order valence-electron chi connectivity index (χ3n) is 4.95. The van der Waals surface area contributed by atoms with Gasteiger partial charge in [-0.3, -0.25) is 0 Å². The normalized spacial score (nSPS) is 51.9. The first kappa shape index (κ1) is 11.3. The Balaban J connectivity index is 0.000000845. The van der Waals surface area contributed by atoms with Crippen LogP contribution in [0.2, 0.25) is 0 Å². The molecule has 13 heavy (non-hydrogen) atoms. The molecule has 2 aliphatic rings. The molecule has 3 N–H and O–H groups in total. The highest BCUT2D eigenvalue weighted by Crippen LogP contribution is 2.67. The molecule has 0 spiro atoms. The molecule has 2 bridgehead atoms. The van der Waals surface area contributed by atoms with Gasteiger partial charge in [0.1, 0.15) is 5.72 Å². The van der Waals surface area contributed by atoms with Gasteiger partial charge in [-0.25, -0.2) is 0 Å². The van der Waals surface area contributed by atoms with Gasteiger partial charge in [-0.2, -0.15) is 0 Å². The zero-order chi connectivity index (χ0) is 9.20. The number of hydrogen-bond acceptors (Lipinski definition) is 2. The second-order valence-electron chi connectivity index (χ2n) is 5.42. The van der Waals surface area contributed by atoms with Crippen LogP contribution < -0.4 is 5.73 Å². The van der Waals surface area contributed by atoms with Crippen LogP contribution in [0.15, 0.2) is 0 Å². The largest absolute Gasteiger partial charge is 0.375 e. The first-order chi connectivity index (χ1) is 5.31. The average molecular weight is 206 g/mol. The van der Waals surface area contributed by atoms with E-state index in [4.69, 9.17) is 5.73 Å². The molecule has 0 aromatic carbocycles. The molecule has 0 aliphatic heterocycles. The zero-order valence-corrected chi connectivity index (χ0v) is 9.45. The van der Waals surface area contributed by atoms with E-state index >= 15 is 0 Å². The molecule has 2 nitrogen and oxygen atoms in total. The van der Waals surface area contributed by atoms with E-state index < -0.39 is 5.72 Å². The van der Waals surface area contributed by atoms with Crippen LogP contribution in [-0.2, 0) is 0 Å². The van der Waals surface area contributed by atoms with Crippen molar-refractivity contribution in [3.05, 3.63) is 0 Å². The van der Waals surface area contributed by atoms with Crippen molar-refractivity contribution in [3.8, 4) is 0 Å². The first-order valence-corrected chi connectivity index (χ1v) is 4.82. The van der Waals surface area contributed by atoms with Crippen molar-refractivity contribution in [3.63, 3.8) is 0 Å². The Kier molecular flexibility index (Phi) is 2.27. The Morgan fingerprint density at radius 2 is 1.85 bits per heavy atom. The van der Waals surface area contributed by atoms with Crippen molar-refractivity contribution in [2.24, 2.45) is 22.5 Å². The summed E-state index contributed by atoms with van der Waals surface area (Å²) in [7, 11) is 0. The van der Waals surface area contributed by atoms with Gasteiger partial charge in [0.05, 0.1) is 0 Å². The first-order valence-electron chi connectivity index (χ1n) is 4.82. The predicted octanol–water partition coefficient (Wildman–Crippen LogP) is 1.90. The molecule has 0 aromatic rings. The summed E-state index contributed by atoms with van der Waals surface area (Å²) in [5, 5.41) is 10.1. The number of hydrogen-bond donors (Lipinski definition) is 2. The molecule has 0 amide bonds. The van der Waals surface area contributed by atoms with E-state index in [1.165, 1.54) is 6.42 Å². The van der Waals surface area contributed by atoms with Crippen molar-refractivity contribution in [2.45, 2.75) is 45.8 Å². The maximum absolute atomic E-state index is 10.1. The van der Waals surface area contributed by atoms with Crippen LogP contribution in [0.25, 0.3) is 0 Å². The minimum absolute atomic E-state index is 0. The summed E-state index contributed by atoms with van der Waals surface area (Å²) in [6.07, 6.45) is 3.11. The second kappa shape index (κ2) is 2.62. The van der Waals surface area contributed by atoms with Gasteiger partial charge in [-0.05, 0) is 30.6 Å². The van der Waals surface area contributed by atoms with E-state index in [1.54, 1.807) is 0 Å². The van der Waals surface area contributed by atoms with E-state index in [0.717, 1.165) is 12.8 Å². The fraction of sp³-hybridized carbons (Fsp3) is 1.00. The molecule has 0 aromatic heterocycles. The van der Waals surface area contributed by atoms with Crippen LogP contribution in [0, 0.1) is 16.7 Å². The summed E-state index contributed by atoms with van der Waals surface area (Å²) in [6.45, 7) is 6.63. The molecule has 2 rings (SSSR count). The Hall–Kier alpha value is 0.210. The van der Waals surface area contributed by atoms with Gasteiger partial charge in [-0.15, -0.1) is 12.4 Å². The number of rotatable bonds is 0. The maximum Gasteiger partial charge on any atom is 0.119 e. The lowest BCUT2D eigenvalue weighted by atomic mass is 9.68. The standard InChI is InChI=1S/C10H19NO.ClH/c1-8(2)7-4-5-9(8,3)10(11,12)6-7;/h7,12H,4-6,11H2,1-3H3;1H. The van der Waals surface area contributed by atoms with Crippen LogP contribution in [0.5, 0.6) is 0 Å². The highest BCUT2D eigenvalue weighted by atomic mass is 35.5. The SMILES string of the molecule is CC1(C)C2CCC1(C)C(N)(O)C2.Cl. The summed E-state index contributed by atoms with van der Waals surface area (Å²) in [4.78, 5) is 0. The van der Waals surface area contributed by atoms with Crippen molar-refractivity contribution in [1.82, 2.24) is 0 Å². The van der Waals surface area contributed by atoms with Crippen LogP contribution in [0.1, 0.15) is 40.0 Å². The Morgan fingerprint density at radius 3 is 2.00 bits per heavy atom. The van der Waals surface area contributed by atoms with Gasteiger partial charge >= 0.3 is 0 Å². The fourth-order valence-corrected chi connectivity index (χ4v) is 3.33. The molecule has 2 fully saturated rings. The van der Waals surface area contributed by atoms with E-state index in [-0.39, 0.29) is 23.2 Å². The summed E-state index contributed by atoms with van der Waals surface area (Å²) in [5.41, 5.74) is 5.17. The van der Waals surface area contributed by atoms with E-state index in [0.29, 0.717) is 5.92 Å². The van der Waals surface area contributed by atoms with E-state index in [1.807, 2.05) is 0 Å². The van der Waals surface area contributed by atoms with Gasteiger partial charge in [0.25, 0.3) is 0 Å². The molecule has 0 radical (unpaired) electrons. The number of fused-ring (bicyclic) bond motifs is 2. The third-order valence-corrected chi connectivity index (χ3v) is 4.95. The molecule has 0 saturated heterocycles. The lowest BCUT2D eigenvalue weighted by Gasteiger charge is -2.42. The quantitative estimate of drug-likeness (QED) is 0.594. The molecular weight excluding hydrogens is 186 g/mol. The van der Waals surface area contributed by atoms with Gasteiger partial charge in [0.15, 0.2) is 0 Å². The van der Waals surface area contributed by atoms with Crippen molar-refractivity contribution >= 4 is 12.4 Å². The second-order valence-corrected chi connectivity index (χ2v) is 5.42. The monoisotopic (exact) mass is 205 g/mol. The van der Waals surface area contributed by atoms with E-state index in [2.05, 4.69) is 20.8 Å². The fourth-order valence-electron chi connectivity index (χ4n) is 3.33. The minimum Gasteiger partial charge on any atom is -0.375 e. The molecule has 3 heteroatoms. The molecule has 0 heterocycles. The van der Waals surface area contributed by atoms with Crippen LogP contribution in [0.3, 0.4) is 0 Å². The smallest absolute Gasteiger partial charge is 0.119 e. The van der Waals surface area contributed by atoms with Crippen LogP contribution >= 0.6 is 12.4 Å². The summed E-state index contributed by atoms with van der Waals surface area (Å²) in [5.74, 6) is 0.623. The van der Waals surface area contributed by atoms with Crippen molar-refractivity contribution in [1.29, 1.82) is 0 Å². The molecular formula is C10H20ClNO. The summed E-state index contributed by atoms with van der Waals surface area (Å²) >= 11 is 0. The molecule has 3 atom stereocenters. The molecule has 3 unspecified atom stereocenters. The Morgan fingerprint density at radius 1 is 1.31 bits per heavy atom. The minimum atomic E-state index is -0.917. The number of nitrogens with two attached hydrogens (primary N) is 1. The summed E-state index contributed by atoms with van der Waals surface area (Å²) < 4.78 is 0. The molecule has 78 valence electrons. The van der Waals surface area contributed by atoms with Crippen LogP contribution in [0.4, 0.5) is 0 Å². The van der Waals surface area contributed by atoms with Crippen LogP contribution in [-0.4, -0.2) is 10.8 Å². The average Bonchev–Trinajstić information content (AvgIpc) is 2.18. The zero-order valence-electron chi connectivity index (χ0n) is 8.63. The molecule has 2 saturated carbocycles. The highest BCUT2D eigenvalue weighted by molar-refractivity contribution is 5.85. The molecule has 2 aliphatic carbocycles. The predicted molar refractivity (Wildman–Crippen MR) is 55.6 cm³/mol.